The fourth-order valence-corrected chi connectivity index (χ4v) is 3.80. The second kappa shape index (κ2) is 6.34. The average molecular weight is 347 g/mol. The van der Waals surface area contributed by atoms with Gasteiger partial charge in [-0.2, -0.15) is 0 Å². The van der Waals surface area contributed by atoms with Gasteiger partial charge >= 0.3 is 0 Å². The summed E-state index contributed by atoms with van der Waals surface area (Å²) in [5, 5.41) is 7.27. The van der Waals surface area contributed by atoms with E-state index in [1.54, 1.807) is 0 Å². The number of anilines is 1. The summed E-state index contributed by atoms with van der Waals surface area (Å²) >= 11 is 0. The van der Waals surface area contributed by atoms with E-state index >= 15 is 0 Å². The van der Waals surface area contributed by atoms with E-state index in [0.717, 1.165) is 43.9 Å². The maximum Gasteiger partial charge on any atom is 0.223 e. The quantitative estimate of drug-likeness (QED) is 0.907. The molecule has 0 aromatic carbocycles. The molecule has 25 heavy (non-hydrogen) atoms. The smallest absolute Gasteiger partial charge is 0.223 e. The van der Waals surface area contributed by atoms with Crippen molar-refractivity contribution in [1.29, 1.82) is 0 Å². The molecule has 0 unspecified atom stereocenters. The van der Waals surface area contributed by atoms with Gasteiger partial charge in [0.2, 0.25) is 5.95 Å². The summed E-state index contributed by atoms with van der Waals surface area (Å²) in [5.74, 6) is 0.895. The Morgan fingerprint density at radius 2 is 2.16 bits per heavy atom. The van der Waals surface area contributed by atoms with Crippen LogP contribution in [0, 0.1) is 19.7 Å². The lowest BCUT2D eigenvalue weighted by Crippen LogP contribution is -2.33. The van der Waals surface area contributed by atoms with E-state index in [2.05, 4.69) is 25.3 Å². The van der Waals surface area contributed by atoms with Crippen LogP contribution in [0.4, 0.5) is 10.3 Å². The zero-order valence-corrected chi connectivity index (χ0v) is 14.5. The third-order valence-corrected chi connectivity index (χ3v) is 5.12. The molecular weight excluding hydrogens is 325 g/mol. The Balaban J connectivity index is 1.35. The number of rotatable bonds is 4. The third kappa shape index (κ3) is 3.36. The molecule has 1 N–H and O–H groups in total. The van der Waals surface area contributed by atoms with E-state index in [1.165, 1.54) is 18.0 Å². The number of nitrogens with one attached hydrogen (secondary N) is 1. The van der Waals surface area contributed by atoms with Gasteiger partial charge in [-0.3, -0.25) is 4.90 Å². The lowest BCUT2D eigenvalue weighted by atomic mass is 9.97. The van der Waals surface area contributed by atoms with Gasteiger partial charge < -0.3 is 14.6 Å². The molecule has 134 valence electrons. The van der Waals surface area contributed by atoms with Crippen LogP contribution >= 0.6 is 0 Å². The number of halogens is 1. The summed E-state index contributed by atoms with van der Waals surface area (Å²) in [6, 6.07) is 0.143. The molecule has 2 aromatic heterocycles. The predicted octanol–water partition coefficient (Wildman–Crippen LogP) is 2.07. The largest absolute Gasteiger partial charge is 0.371 e. The van der Waals surface area contributed by atoms with Gasteiger partial charge in [0.05, 0.1) is 36.3 Å². The van der Waals surface area contributed by atoms with Gasteiger partial charge in [-0.15, -0.1) is 0 Å². The summed E-state index contributed by atoms with van der Waals surface area (Å²) in [5.41, 5.74) is 2.00. The van der Waals surface area contributed by atoms with Crippen molar-refractivity contribution < 1.29 is 13.7 Å². The Labute approximate surface area is 145 Å². The molecule has 1 spiro atoms. The Morgan fingerprint density at radius 1 is 1.36 bits per heavy atom. The highest BCUT2D eigenvalue weighted by molar-refractivity contribution is 5.26. The summed E-state index contributed by atoms with van der Waals surface area (Å²) in [6.45, 7) is 7.26. The fraction of sp³-hybridized carbons (Fsp3) is 0.588. The molecule has 2 fully saturated rings. The Bertz CT molecular complexity index is 730. The highest BCUT2D eigenvalue weighted by atomic mass is 19.1. The van der Waals surface area contributed by atoms with Gasteiger partial charge in [-0.05, 0) is 20.3 Å². The minimum absolute atomic E-state index is 0.128. The fourth-order valence-electron chi connectivity index (χ4n) is 3.80. The van der Waals surface area contributed by atoms with Crippen molar-refractivity contribution in [3.63, 3.8) is 0 Å². The van der Waals surface area contributed by atoms with E-state index in [4.69, 9.17) is 9.26 Å². The molecule has 2 aliphatic heterocycles. The van der Waals surface area contributed by atoms with Crippen molar-refractivity contribution in [3.8, 4) is 0 Å². The molecule has 4 heterocycles. The first-order valence-corrected chi connectivity index (χ1v) is 8.55. The first-order chi connectivity index (χ1) is 12.0. The van der Waals surface area contributed by atoms with E-state index < -0.39 is 5.82 Å². The minimum Gasteiger partial charge on any atom is -0.371 e. The topological polar surface area (TPSA) is 76.3 Å². The Morgan fingerprint density at radius 3 is 2.88 bits per heavy atom. The number of aromatic nitrogens is 3. The van der Waals surface area contributed by atoms with E-state index in [9.17, 15) is 4.39 Å². The molecule has 2 atom stereocenters. The minimum atomic E-state index is -0.435. The highest BCUT2D eigenvalue weighted by Gasteiger charge is 2.45. The van der Waals surface area contributed by atoms with Crippen LogP contribution in [0.5, 0.6) is 0 Å². The predicted molar refractivity (Wildman–Crippen MR) is 88.6 cm³/mol. The van der Waals surface area contributed by atoms with Crippen molar-refractivity contribution >= 4 is 5.95 Å². The lowest BCUT2D eigenvalue weighted by molar-refractivity contribution is 0.0119. The van der Waals surface area contributed by atoms with Crippen LogP contribution in [0.1, 0.15) is 29.9 Å². The van der Waals surface area contributed by atoms with E-state index in [1.807, 2.05) is 13.8 Å². The molecule has 0 aliphatic carbocycles. The molecule has 8 heteroatoms. The van der Waals surface area contributed by atoms with Crippen LogP contribution in [-0.4, -0.2) is 51.4 Å². The van der Waals surface area contributed by atoms with Gasteiger partial charge in [-0.25, -0.2) is 14.4 Å². The standard InChI is InChI=1S/C17H22FN5O2/c1-11-15(12(2)25-22-11)8-23-4-3-17(10-23)5-14(9-24-17)21-16-19-6-13(18)7-20-16/h6-7,14H,3-5,8-10H2,1-2H3,(H,19,20,21)/t14-,17+/m1/s1. The second-order valence-corrected chi connectivity index (χ2v) is 7.03. The first-order valence-electron chi connectivity index (χ1n) is 8.55. The molecule has 2 saturated heterocycles. The van der Waals surface area contributed by atoms with Crippen LogP contribution in [-0.2, 0) is 11.3 Å². The third-order valence-electron chi connectivity index (χ3n) is 5.12. The van der Waals surface area contributed by atoms with Gasteiger partial charge in [0.25, 0.3) is 0 Å². The summed E-state index contributed by atoms with van der Waals surface area (Å²) < 4.78 is 24.3. The van der Waals surface area contributed by atoms with Crippen molar-refractivity contribution in [1.82, 2.24) is 20.0 Å². The SMILES string of the molecule is Cc1noc(C)c1CN1CC[C@]2(C[C@@H](Nc3ncc(F)cn3)CO2)C1. The maximum absolute atomic E-state index is 12.9. The van der Waals surface area contributed by atoms with Crippen LogP contribution in [0.15, 0.2) is 16.9 Å². The molecule has 0 bridgehead atoms. The highest BCUT2D eigenvalue weighted by Crippen LogP contribution is 2.36. The number of aryl methyl sites for hydroxylation is 2. The molecule has 0 amide bonds. The summed E-state index contributed by atoms with van der Waals surface area (Å²) in [6.07, 6.45) is 4.23. The van der Waals surface area contributed by atoms with Crippen LogP contribution in [0.2, 0.25) is 0 Å². The number of hydrogen-bond acceptors (Lipinski definition) is 7. The van der Waals surface area contributed by atoms with Gasteiger partial charge in [0, 0.05) is 31.6 Å². The number of nitrogens with zero attached hydrogens (tertiary/aromatic N) is 4. The van der Waals surface area contributed by atoms with E-state index in [0.29, 0.717) is 12.6 Å². The van der Waals surface area contributed by atoms with Crippen molar-refractivity contribution in [2.45, 2.75) is 44.9 Å². The Kier molecular flexibility index (Phi) is 4.16. The molecule has 2 aromatic rings. The molecule has 2 aliphatic rings. The molecule has 0 radical (unpaired) electrons. The van der Waals surface area contributed by atoms with Crippen molar-refractivity contribution in [2.24, 2.45) is 0 Å². The van der Waals surface area contributed by atoms with Gasteiger partial charge in [0.15, 0.2) is 5.82 Å². The zero-order chi connectivity index (χ0) is 17.4. The molecule has 7 nitrogen and oxygen atoms in total. The summed E-state index contributed by atoms with van der Waals surface area (Å²) in [7, 11) is 0. The van der Waals surface area contributed by atoms with Crippen LogP contribution in [0.25, 0.3) is 0 Å². The average Bonchev–Trinajstić information content (AvgIpc) is 3.27. The summed E-state index contributed by atoms with van der Waals surface area (Å²) in [4.78, 5) is 10.3. The molecule has 0 saturated carbocycles. The number of likely N-dealkylation sites (tertiary alicyclic amines) is 1. The van der Waals surface area contributed by atoms with Gasteiger partial charge in [0.1, 0.15) is 5.76 Å². The Hall–Kier alpha value is -2.06. The van der Waals surface area contributed by atoms with Gasteiger partial charge in [-0.1, -0.05) is 5.16 Å². The van der Waals surface area contributed by atoms with E-state index in [-0.39, 0.29) is 11.6 Å². The normalized spacial score (nSPS) is 26.6. The number of ether oxygens (including phenoxy) is 1. The molecule has 4 rings (SSSR count). The van der Waals surface area contributed by atoms with Crippen LogP contribution in [0.3, 0.4) is 0 Å². The second-order valence-electron chi connectivity index (χ2n) is 7.03. The molecular formula is C17H22FN5O2. The zero-order valence-electron chi connectivity index (χ0n) is 14.5. The monoisotopic (exact) mass is 347 g/mol. The lowest BCUT2D eigenvalue weighted by Gasteiger charge is -2.23. The maximum atomic E-state index is 12.9. The van der Waals surface area contributed by atoms with Crippen LogP contribution < -0.4 is 5.32 Å². The van der Waals surface area contributed by atoms with Crippen molar-refractivity contribution in [3.05, 3.63) is 35.2 Å². The van der Waals surface area contributed by atoms with Crippen molar-refractivity contribution in [2.75, 3.05) is 25.0 Å². The number of hydrogen-bond donors (Lipinski definition) is 1. The first kappa shape index (κ1) is 16.4.